The van der Waals surface area contributed by atoms with E-state index >= 15 is 0 Å². The number of aryl methyl sites for hydroxylation is 1. The Morgan fingerprint density at radius 2 is 1.90 bits per heavy atom. The number of hydrazine groups is 1. The summed E-state index contributed by atoms with van der Waals surface area (Å²) in [6.07, 6.45) is 0.145. The number of hydrogen-bond acceptors (Lipinski definition) is 2. The van der Waals surface area contributed by atoms with Crippen LogP contribution in [-0.2, 0) is 6.42 Å². The summed E-state index contributed by atoms with van der Waals surface area (Å²) >= 11 is 3.29. The van der Waals surface area contributed by atoms with Gasteiger partial charge in [-0.15, -0.1) is 0 Å². The van der Waals surface area contributed by atoms with Gasteiger partial charge in [0.25, 0.3) is 0 Å². The molecule has 0 aliphatic rings. The van der Waals surface area contributed by atoms with Crippen LogP contribution in [0.3, 0.4) is 0 Å². The molecular weight excluding hydrogens is 345 g/mol. The van der Waals surface area contributed by atoms with E-state index in [1.807, 2.05) is 0 Å². The normalized spacial score (nSPS) is 12.5. The quantitative estimate of drug-likeness (QED) is 0.642. The van der Waals surface area contributed by atoms with E-state index < -0.39 is 23.5 Å². The van der Waals surface area contributed by atoms with Crippen LogP contribution in [0, 0.1) is 24.4 Å². The second kappa shape index (κ2) is 6.60. The van der Waals surface area contributed by atoms with Gasteiger partial charge < -0.3 is 0 Å². The Morgan fingerprint density at radius 1 is 1.19 bits per heavy atom. The van der Waals surface area contributed by atoms with Crippen LogP contribution in [0.5, 0.6) is 0 Å². The van der Waals surface area contributed by atoms with E-state index in [-0.39, 0.29) is 12.0 Å². The molecule has 0 spiro atoms. The summed E-state index contributed by atoms with van der Waals surface area (Å²) in [4.78, 5) is 0. The minimum atomic E-state index is -0.803. The van der Waals surface area contributed by atoms with E-state index in [0.29, 0.717) is 15.6 Å². The average Bonchev–Trinajstić information content (AvgIpc) is 2.45. The molecule has 2 rings (SSSR count). The molecule has 0 bridgehead atoms. The lowest BCUT2D eigenvalue weighted by atomic mass is 9.96. The third-order valence-corrected chi connectivity index (χ3v) is 4.07. The number of benzene rings is 2. The highest BCUT2D eigenvalue weighted by molar-refractivity contribution is 9.10. The molecule has 0 radical (unpaired) electrons. The van der Waals surface area contributed by atoms with Crippen molar-refractivity contribution in [1.29, 1.82) is 0 Å². The summed E-state index contributed by atoms with van der Waals surface area (Å²) in [5.41, 5.74) is 3.15. The molecule has 112 valence electrons. The van der Waals surface area contributed by atoms with Crippen LogP contribution in [0.1, 0.15) is 22.7 Å². The third-order valence-electron chi connectivity index (χ3n) is 3.30. The van der Waals surface area contributed by atoms with Gasteiger partial charge in [-0.2, -0.15) is 0 Å². The molecule has 0 saturated carbocycles. The summed E-state index contributed by atoms with van der Waals surface area (Å²) in [5, 5.41) is 0. The highest BCUT2D eigenvalue weighted by Gasteiger charge is 2.22. The van der Waals surface area contributed by atoms with Gasteiger partial charge >= 0.3 is 0 Å². The molecule has 0 aliphatic carbocycles. The molecule has 2 nitrogen and oxygen atoms in total. The maximum Gasteiger partial charge on any atom is 0.133 e. The Labute approximate surface area is 129 Å². The van der Waals surface area contributed by atoms with E-state index in [1.54, 1.807) is 13.0 Å². The van der Waals surface area contributed by atoms with Crippen molar-refractivity contribution >= 4 is 15.9 Å². The predicted octanol–water partition coefficient (Wildman–Crippen LogP) is 3.92. The van der Waals surface area contributed by atoms with Gasteiger partial charge in [0, 0.05) is 10.0 Å². The lowest BCUT2D eigenvalue weighted by molar-refractivity contribution is 0.469. The zero-order chi connectivity index (χ0) is 15.6. The molecule has 0 aromatic heterocycles. The van der Waals surface area contributed by atoms with Crippen molar-refractivity contribution in [1.82, 2.24) is 5.43 Å². The van der Waals surface area contributed by atoms with Gasteiger partial charge in [0.05, 0.1) is 6.04 Å². The van der Waals surface area contributed by atoms with Crippen LogP contribution in [0.2, 0.25) is 0 Å². The van der Waals surface area contributed by atoms with Crippen molar-refractivity contribution in [3.05, 3.63) is 68.9 Å². The minimum Gasteiger partial charge on any atom is -0.271 e. The van der Waals surface area contributed by atoms with Gasteiger partial charge in [-0.3, -0.25) is 11.3 Å². The van der Waals surface area contributed by atoms with Crippen molar-refractivity contribution in [2.75, 3.05) is 0 Å². The summed E-state index contributed by atoms with van der Waals surface area (Å²) < 4.78 is 42.0. The maximum atomic E-state index is 14.2. The second-order valence-electron chi connectivity index (χ2n) is 4.75. The molecule has 3 N–H and O–H groups in total. The minimum absolute atomic E-state index is 0.145. The highest BCUT2D eigenvalue weighted by atomic mass is 79.9. The van der Waals surface area contributed by atoms with E-state index in [9.17, 15) is 13.2 Å². The lowest BCUT2D eigenvalue weighted by Crippen LogP contribution is -2.31. The first-order valence-electron chi connectivity index (χ1n) is 6.28. The summed E-state index contributed by atoms with van der Waals surface area (Å²) in [5.74, 6) is 3.68. The number of hydrogen-bond donors (Lipinski definition) is 2. The Balaban J connectivity index is 2.41. The van der Waals surface area contributed by atoms with Gasteiger partial charge in [0.15, 0.2) is 0 Å². The predicted molar refractivity (Wildman–Crippen MR) is 79.0 cm³/mol. The van der Waals surface area contributed by atoms with Crippen molar-refractivity contribution < 1.29 is 13.2 Å². The summed E-state index contributed by atoms with van der Waals surface area (Å²) in [7, 11) is 0. The summed E-state index contributed by atoms with van der Waals surface area (Å²) in [6.45, 7) is 1.55. The van der Waals surface area contributed by atoms with E-state index in [4.69, 9.17) is 5.84 Å². The molecule has 0 amide bonds. The average molecular weight is 359 g/mol. The maximum absolute atomic E-state index is 14.2. The standard InChI is InChI=1S/C15H14BrF3N2/c1-8-2-5-12(18)14(15(8)19)13(21-20)7-9-6-10(17)3-4-11(9)16/h2-6,13,21H,7,20H2,1H3. The topological polar surface area (TPSA) is 38.0 Å². The zero-order valence-electron chi connectivity index (χ0n) is 11.3. The van der Waals surface area contributed by atoms with Crippen LogP contribution in [-0.4, -0.2) is 0 Å². The first-order chi connectivity index (χ1) is 9.93. The van der Waals surface area contributed by atoms with Crippen LogP contribution in [0.25, 0.3) is 0 Å². The molecule has 1 atom stereocenters. The van der Waals surface area contributed by atoms with E-state index in [1.165, 1.54) is 24.3 Å². The van der Waals surface area contributed by atoms with Crippen LogP contribution in [0.4, 0.5) is 13.2 Å². The smallest absolute Gasteiger partial charge is 0.133 e. The SMILES string of the molecule is Cc1ccc(F)c(C(Cc2cc(F)ccc2Br)NN)c1F. The molecule has 2 aromatic carbocycles. The van der Waals surface area contributed by atoms with Gasteiger partial charge in [-0.05, 0) is 48.7 Å². The Morgan fingerprint density at radius 3 is 2.57 bits per heavy atom. The molecule has 0 saturated heterocycles. The van der Waals surface area contributed by atoms with Crippen LogP contribution in [0.15, 0.2) is 34.8 Å². The Kier molecular flexibility index (Phi) is 5.03. The fraction of sp³-hybridized carbons (Fsp3) is 0.200. The zero-order valence-corrected chi connectivity index (χ0v) is 12.8. The van der Waals surface area contributed by atoms with Gasteiger partial charge in [-0.25, -0.2) is 13.2 Å². The largest absolute Gasteiger partial charge is 0.271 e. The highest BCUT2D eigenvalue weighted by Crippen LogP contribution is 2.28. The molecule has 1 unspecified atom stereocenters. The van der Waals surface area contributed by atoms with Crippen molar-refractivity contribution in [2.24, 2.45) is 5.84 Å². The molecule has 6 heteroatoms. The number of nitrogens with one attached hydrogen (secondary N) is 1. The molecular formula is C15H14BrF3N2. The van der Waals surface area contributed by atoms with Crippen molar-refractivity contribution in [3.63, 3.8) is 0 Å². The number of rotatable bonds is 4. The van der Waals surface area contributed by atoms with Crippen LogP contribution < -0.4 is 11.3 Å². The molecule has 0 fully saturated rings. The number of nitrogens with two attached hydrogens (primary N) is 1. The fourth-order valence-electron chi connectivity index (χ4n) is 2.16. The molecule has 2 aromatic rings. The van der Waals surface area contributed by atoms with Crippen LogP contribution >= 0.6 is 15.9 Å². The van der Waals surface area contributed by atoms with Gasteiger partial charge in [0.2, 0.25) is 0 Å². The van der Waals surface area contributed by atoms with E-state index in [2.05, 4.69) is 21.4 Å². The molecule has 0 heterocycles. The van der Waals surface area contributed by atoms with E-state index in [0.717, 1.165) is 0 Å². The molecule has 0 aliphatic heterocycles. The van der Waals surface area contributed by atoms with Gasteiger partial charge in [-0.1, -0.05) is 22.0 Å². The third kappa shape index (κ3) is 3.45. The second-order valence-corrected chi connectivity index (χ2v) is 5.61. The Hall–Kier alpha value is -1.37. The Bertz CT molecular complexity index is 662. The lowest BCUT2D eigenvalue weighted by Gasteiger charge is -2.19. The fourth-order valence-corrected chi connectivity index (χ4v) is 2.57. The first kappa shape index (κ1) is 16.0. The number of halogens is 4. The monoisotopic (exact) mass is 358 g/mol. The molecule has 21 heavy (non-hydrogen) atoms. The van der Waals surface area contributed by atoms with Gasteiger partial charge in [0.1, 0.15) is 17.5 Å². The van der Waals surface area contributed by atoms with Crippen molar-refractivity contribution in [2.45, 2.75) is 19.4 Å². The first-order valence-corrected chi connectivity index (χ1v) is 7.08. The summed E-state index contributed by atoms with van der Waals surface area (Å²) in [6, 6.07) is 5.90. The van der Waals surface area contributed by atoms with Crippen molar-refractivity contribution in [3.8, 4) is 0 Å².